The summed E-state index contributed by atoms with van der Waals surface area (Å²) in [5.74, 6) is 0.401. The molecule has 0 saturated heterocycles. The molecule has 0 atom stereocenters. The summed E-state index contributed by atoms with van der Waals surface area (Å²) in [7, 11) is 0. The Balaban J connectivity index is 1.90. The van der Waals surface area contributed by atoms with Gasteiger partial charge in [-0.2, -0.15) is 5.10 Å². The molecule has 0 aliphatic rings. The van der Waals surface area contributed by atoms with Crippen molar-refractivity contribution in [2.45, 2.75) is 20.8 Å². The van der Waals surface area contributed by atoms with E-state index in [1.165, 1.54) is 0 Å². The molecule has 0 fully saturated rings. The quantitative estimate of drug-likeness (QED) is 0.668. The van der Waals surface area contributed by atoms with Crippen LogP contribution in [0.3, 0.4) is 0 Å². The van der Waals surface area contributed by atoms with Gasteiger partial charge >= 0.3 is 0 Å². The predicted molar refractivity (Wildman–Crippen MR) is 93.2 cm³/mol. The number of nitrogens with one attached hydrogen (secondary N) is 1. The lowest BCUT2D eigenvalue weighted by molar-refractivity contribution is -0.123. The van der Waals surface area contributed by atoms with Crippen LogP contribution >= 0.6 is 11.6 Å². The fourth-order valence-corrected chi connectivity index (χ4v) is 2.07. The summed E-state index contributed by atoms with van der Waals surface area (Å²) in [4.78, 5) is 11.8. The van der Waals surface area contributed by atoms with E-state index in [1.807, 2.05) is 51.1 Å². The van der Waals surface area contributed by atoms with Gasteiger partial charge in [-0.05, 0) is 55.7 Å². The summed E-state index contributed by atoms with van der Waals surface area (Å²) in [6, 6.07) is 13.1. The lowest BCUT2D eigenvalue weighted by Crippen LogP contribution is -2.25. The molecule has 1 N–H and O–H groups in total. The Morgan fingerprint density at radius 1 is 1.17 bits per heavy atom. The number of carbonyl (C=O) groups is 1. The van der Waals surface area contributed by atoms with Gasteiger partial charge in [0.2, 0.25) is 0 Å². The SMILES string of the molecule is C/C(=N/NC(=O)COc1cc(C)ccc1C)c1ccc(Cl)cc1. The van der Waals surface area contributed by atoms with Gasteiger partial charge in [-0.1, -0.05) is 35.9 Å². The topological polar surface area (TPSA) is 50.7 Å². The van der Waals surface area contributed by atoms with Crippen LogP contribution in [0.15, 0.2) is 47.6 Å². The maximum absolute atomic E-state index is 11.8. The van der Waals surface area contributed by atoms with Crippen LogP contribution in [0.5, 0.6) is 5.75 Å². The number of aryl methyl sites for hydroxylation is 2. The first kappa shape index (κ1) is 17.0. The van der Waals surface area contributed by atoms with Crippen molar-refractivity contribution < 1.29 is 9.53 Å². The molecule has 5 heteroatoms. The molecular formula is C18H19ClN2O2. The Kier molecular flexibility index (Phi) is 5.77. The number of ether oxygens (including phenoxy) is 1. The van der Waals surface area contributed by atoms with Crippen LogP contribution in [-0.4, -0.2) is 18.2 Å². The molecule has 2 aromatic rings. The van der Waals surface area contributed by atoms with Gasteiger partial charge in [-0.3, -0.25) is 4.79 Å². The number of nitrogens with zero attached hydrogens (tertiary/aromatic N) is 1. The predicted octanol–water partition coefficient (Wildman–Crippen LogP) is 3.88. The Morgan fingerprint density at radius 3 is 2.57 bits per heavy atom. The molecule has 2 aromatic carbocycles. The zero-order valence-corrected chi connectivity index (χ0v) is 14.1. The van der Waals surface area contributed by atoms with Crippen LogP contribution in [0, 0.1) is 13.8 Å². The first-order valence-corrected chi connectivity index (χ1v) is 7.62. The number of hydrogen-bond acceptors (Lipinski definition) is 3. The summed E-state index contributed by atoms with van der Waals surface area (Å²) in [5.41, 5.74) is 6.16. The van der Waals surface area contributed by atoms with E-state index in [0.29, 0.717) is 16.5 Å². The number of hydrazone groups is 1. The summed E-state index contributed by atoms with van der Waals surface area (Å²) in [6.45, 7) is 5.65. The van der Waals surface area contributed by atoms with Gasteiger partial charge < -0.3 is 4.74 Å². The fraction of sp³-hybridized carbons (Fsp3) is 0.222. The maximum atomic E-state index is 11.8. The van der Waals surface area contributed by atoms with Crippen LogP contribution in [0.4, 0.5) is 0 Å². The van der Waals surface area contributed by atoms with E-state index >= 15 is 0 Å². The Morgan fingerprint density at radius 2 is 1.87 bits per heavy atom. The van der Waals surface area contributed by atoms with Gasteiger partial charge in [-0.15, -0.1) is 0 Å². The molecule has 0 unspecified atom stereocenters. The number of benzene rings is 2. The average molecular weight is 331 g/mol. The second kappa shape index (κ2) is 7.79. The zero-order valence-electron chi connectivity index (χ0n) is 13.4. The summed E-state index contributed by atoms with van der Waals surface area (Å²) < 4.78 is 5.53. The van der Waals surface area contributed by atoms with Crippen molar-refractivity contribution in [3.63, 3.8) is 0 Å². The monoisotopic (exact) mass is 330 g/mol. The highest BCUT2D eigenvalue weighted by Crippen LogP contribution is 2.18. The first-order chi connectivity index (χ1) is 11.0. The third-order valence-electron chi connectivity index (χ3n) is 3.31. The van der Waals surface area contributed by atoms with Crippen molar-refractivity contribution in [2.24, 2.45) is 5.10 Å². The summed E-state index contributed by atoms with van der Waals surface area (Å²) in [5, 5.41) is 4.73. The molecule has 0 saturated carbocycles. The van der Waals surface area contributed by atoms with Crippen LogP contribution in [-0.2, 0) is 4.79 Å². The molecule has 0 aliphatic carbocycles. The van der Waals surface area contributed by atoms with Crippen molar-refractivity contribution >= 4 is 23.2 Å². The second-order valence-corrected chi connectivity index (χ2v) is 5.73. The van der Waals surface area contributed by atoms with Crippen LogP contribution in [0.2, 0.25) is 5.02 Å². The Bertz CT molecular complexity index is 724. The average Bonchev–Trinajstić information content (AvgIpc) is 2.54. The minimum absolute atomic E-state index is 0.0817. The number of amides is 1. The number of carbonyl (C=O) groups excluding carboxylic acids is 1. The standard InChI is InChI=1S/C18H19ClN2O2/c1-12-4-5-13(2)17(10-12)23-11-18(22)21-20-14(3)15-6-8-16(19)9-7-15/h4-10H,11H2,1-3H3,(H,21,22)/b20-14-. The van der Waals surface area contributed by atoms with E-state index in [1.54, 1.807) is 12.1 Å². The number of rotatable bonds is 5. The van der Waals surface area contributed by atoms with E-state index in [9.17, 15) is 4.79 Å². The molecular weight excluding hydrogens is 312 g/mol. The van der Waals surface area contributed by atoms with Gasteiger partial charge in [0, 0.05) is 5.02 Å². The summed E-state index contributed by atoms with van der Waals surface area (Å²) in [6.07, 6.45) is 0. The zero-order chi connectivity index (χ0) is 16.8. The van der Waals surface area contributed by atoms with Crippen molar-refractivity contribution in [3.8, 4) is 5.75 Å². The third-order valence-corrected chi connectivity index (χ3v) is 3.56. The first-order valence-electron chi connectivity index (χ1n) is 7.25. The largest absolute Gasteiger partial charge is 0.483 e. The van der Waals surface area contributed by atoms with E-state index in [2.05, 4.69) is 10.5 Å². The molecule has 120 valence electrons. The molecule has 0 spiro atoms. The Hall–Kier alpha value is -2.33. The van der Waals surface area contributed by atoms with Crippen molar-refractivity contribution in [1.29, 1.82) is 0 Å². The van der Waals surface area contributed by atoms with Crippen molar-refractivity contribution in [3.05, 3.63) is 64.2 Å². The minimum Gasteiger partial charge on any atom is -0.483 e. The van der Waals surface area contributed by atoms with E-state index in [-0.39, 0.29) is 12.5 Å². The lowest BCUT2D eigenvalue weighted by Gasteiger charge is -2.09. The second-order valence-electron chi connectivity index (χ2n) is 5.30. The highest BCUT2D eigenvalue weighted by atomic mass is 35.5. The molecule has 4 nitrogen and oxygen atoms in total. The highest BCUT2D eigenvalue weighted by Gasteiger charge is 2.05. The molecule has 0 bridgehead atoms. The third kappa shape index (κ3) is 5.11. The van der Waals surface area contributed by atoms with Gasteiger partial charge in [0.05, 0.1) is 5.71 Å². The van der Waals surface area contributed by atoms with Gasteiger partial charge in [0.15, 0.2) is 6.61 Å². The molecule has 0 aromatic heterocycles. The van der Waals surface area contributed by atoms with Crippen LogP contribution in [0.1, 0.15) is 23.6 Å². The molecule has 0 radical (unpaired) electrons. The minimum atomic E-state index is -0.306. The van der Waals surface area contributed by atoms with Crippen molar-refractivity contribution in [2.75, 3.05) is 6.61 Å². The van der Waals surface area contributed by atoms with Crippen LogP contribution in [0.25, 0.3) is 0 Å². The van der Waals surface area contributed by atoms with Gasteiger partial charge in [-0.25, -0.2) is 5.43 Å². The van der Waals surface area contributed by atoms with Gasteiger partial charge in [0.1, 0.15) is 5.75 Å². The molecule has 0 heterocycles. The lowest BCUT2D eigenvalue weighted by atomic mass is 10.1. The number of hydrogen-bond donors (Lipinski definition) is 1. The van der Waals surface area contributed by atoms with Crippen LogP contribution < -0.4 is 10.2 Å². The van der Waals surface area contributed by atoms with E-state index < -0.39 is 0 Å². The van der Waals surface area contributed by atoms with Crippen molar-refractivity contribution in [1.82, 2.24) is 5.43 Å². The Labute approximate surface area is 141 Å². The van der Waals surface area contributed by atoms with Gasteiger partial charge in [0.25, 0.3) is 5.91 Å². The smallest absolute Gasteiger partial charge is 0.277 e. The molecule has 0 aliphatic heterocycles. The highest BCUT2D eigenvalue weighted by molar-refractivity contribution is 6.30. The normalized spacial score (nSPS) is 11.2. The maximum Gasteiger partial charge on any atom is 0.277 e. The number of halogens is 1. The van der Waals surface area contributed by atoms with E-state index in [0.717, 1.165) is 16.7 Å². The molecule has 2 rings (SSSR count). The summed E-state index contributed by atoms with van der Waals surface area (Å²) >= 11 is 5.84. The fourth-order valence-electron chi connectivity index (χ4n) is 1.94. The molecule has 1 amide bonds. The van der Waals surface area contributed by atoms with E-state index in [4.69, 9.17) is 16.3 Å². The molecule has 23 heavy (non-hydrogen) atoms.